The smallest absolute Gasteiger partial charge is 0.407 e. The monoisotopic (exact) mass is 229 g/mol. The van der Waals surface area contributed by atoms with Gasteiger partial charge in [-0.25, -0.2) is 9.59 Å². The molecule has 0 aromatic rings. The third-order valence-electron chi connectivity index (χ3n) is 2.85. The van der Waals surface area contributed by atoms with Gasteiger partial charge in [-0.1, -0.05) is 19.3 Å². The van der Waals surface area contributed by atoms with E-state index in [1.165, 1.54) is 13.5 Å². The Morgan fingerprint density at radius 1 is 1.44 bits per heavy atom. The summed E-state index contributed by atoms with van der Waals surface area (Å²) in [6.45, 7) is 2.02. The summed E-state index contributed by atoms with van der Waals surface area (Å²) in [6, 6.07) is -0.575. The highest BCUT2D eigenvalue weighted by Crippen LogP contribution is 2.30. The van der Waals surface area contributed by atoms with E-state index in [4.69, 9.17) is 4.74 Å². The van der Waals surface area contributed by atoms with Gasteiger partial charge in [0.1, 0.15) is 6.04 Å². The molecule has 0 saturated heterocycles. The SMILES string of the molecule is CCOC(=O)N[C@H](CC1CCC1)C(=O)OC. The topological polar surface area (TPSA) is 64.6 Å². The first-order valence-corrected chi connectivity index (χ1v) is 5.68. The van der Waals surface area contributed by atoms with E-state index in [-0.39, 0.29) is 0 Å². The minimum absolute atomic E-state index is 0.295. The van der Waals surface area contributed by atoms with Gasteiger partial charge in [0, 0.05) is 0 Å². The third kappa shape index (κ3) is 3.72. The minimum Gasteiger partial charge on any atom is -0.467 e. The number of rotatable bonds is 5. The van der Waals surface area contributed by atoms with Crippen molar-refractivity contribution in [2.75, 3.05) is 13.7 Å². The van der Waals surface area contributed by atoms with Gasteiger partial charge in [-0.05, 0) is 19.3 Å². The van der Waals surface area contributed by atoms with Gasteiger partial charge in [-0.15, -0.1) is 0 Å². The number of alkyl carbamates (subject to hydrolysis) is 1. The van der Waals surface area contributed by atoms with Gasteiger partial charge in [0.05, 0.1) is 13.7 Å². The predicted molar refractivity (Wildman–Crippen MR) is 57.9 cm³/mol. The summed E-state index contributed by atoms with van der Waals surface area (Å²) in [7, 11) is 1.32. The molecular weight excluding hydrogens is 210 g/mol. The van der Waals surface area contributed by atoms with Crippen LogP contribution in [-0.2, 0) is 14.3 Å². The zero-order chi connectivity index (χ0) is 12.0. The van der Waals surface area contributed by atoms with Crippen molar-refractivity contribution in [1.82, 2.24) is 5.32 Å². The van der Waals surface area contributed by atoms with Crippen molar-refractivity contribution < 1.29 is 19.1 Å². The Hall–Kier alpha value is -1.26. The van der Waals surface area contributed by atoms with Gasteiger partial charge in [0.15, 0.2) is 0 Å². The van der Waals surface area contributed by atoms with Crippen molar-refractivity contribution in [3.05, 3.63) is 0 Å². The van der Waals surface area contributed by atoms with E-state index >= 15 is 0 Å². The molecule has 0 unspecified atom stereocenters. The van der Waals surface area contributed by atoms with Gasteiger partial charge < -0.3 is 14.8 Å². The van der Waals surface area contributed by atoms with E-state index in [9.17, 15) is 9.59 Å². The van der Waals surface area contributed by atoms with Crippen LogP contribution in [0.15, 0.2) is 0 Å². The number of hydrogen-bond donors (Lipinski definition) is 1. The van der Waals surface area contributed by atoms with Crippen molar-refractivity contribution in [2.45, 2.75) is 38.6 Å². The fourth-order valence-electron chi connectivity index (χ4n) is 1.73. The van der Waals surface area contributed by atoms with Crippen LogP contribution in [0.1, 0.15) is 32.6 Å². The lowest BCUT2D eigenvalue weighted by molar-refractivity contribution is -0.143. The van der Waals surface area contributed by atoms with E-state index in [0.717, 1.165) is 12.8 Å². The summed E-state index contributed by atoms with van der Waals surface area (Å²) in [5, 5.41) is 2.53. The van der Waals surface area contributed by atoms with E-state index in [0.29, 0.717) is 18.9 Å². The molecule has 92 valence electrons. The molecule has 1 aliphatic carbocycles. The van der Waals surface area contributed by atoms with Crippen molar-refractivity contribution in [2.24, 2.45) is 5.92 Å². The molecule has 1 rings (SSSR count). The molecule has 1 saturated carbocycles. The lowest BCUT2D eigenvalue weighted by atomic mass is 9.81. The molecule has 16 heavy (non-hydrogen) atoms. The zero-order valence-corrected chi connectivity index (χ0v) is 9.82. The average molecular weight is 229 g/mol. The Morgan fingerprint density at radius 2 is 2.12 bits per heavy atom. The maximum Gasteiger partial charge on any atom is 0.407 e. The molecule has 0 aromatic heterocycles. The number of carbonyl (C=O) groups is 2. The van der Waals surface area contributed by atoms with Crippen LogP contribution in [0.3, 0.4) is 0 Å². The molecule has 1 atom stereocenters. The minimum atomic E-state index is -0.575. The van der Waals surface area contributed by atoms with Crippen LogP contribution in [0.5, 0.6) is 0 Å². The van der Waals surface area contributed by atoms with E-state index < -0.39 is 18.1 Å². The van der Waals surface area contributed by atoms with Gasteiger partial charge in [-0.2, -0.15) is 0 Å². The fraction of sp³-hybridized carbons (Fsp3) is 0.818. The summed E-state index contributed by atoms with van der Waals surface area (Å²) in [4.78, 5) is 22.7. The van der Waals surface area contributed by atoms with Crippen LogP contribution >= 0.6 is 0 Å². The molecule has 0 bridgehead atoms. The van der Waals surface area contributed by atoms with Crippen molar-refractivity contribution in [1.29, 1.82) is 0 Å². The largest absolute Gasteiger partial charge is 0.467 e. The van der Waals surface area contributed by atoms with Crippen LogP contribution in [0.4, 0.5) is 4.79 Å². The number of nitrogens with one attached hydrogen (secondary N) is 1. The molecule has 1 aliphatic rings. The zero-order valence-electron chi connectivity index (χ0n) is 9.82. The highest BCUT2D eigenvalue weighted by Gasteiger charge is 2.28. The second-order valence-electron chi connectivity index (χ2n) is 3.97. The van der Waals surface area contributed by atoms with Crippen molar-refractivity contribution in [3.8, 4) is 0 Å². The molecule has 1 amide bonds. The predicted octanol–water partition coefficient (Wildman–Crippen LogP) is 1.46. The molecular formula is C11H19NO4. The third-order valence-corrected chi connectivity index (χ3v) is 2.85. The molecule has 1 fully saturated rings. The Bertz CT molecular complexity index is 250. The van der Waals surface area contributed by atoms with Crippen LogP contribution in [-0.4, -0.2) is 31.8 Å². The highest BCUT2D eigenvalue weighted by molar-refractivity contribution is 5.81. The summed E-state index contributed by atoms with van der Waals surface area (Å²) in [5.74, 6) is 0.117. The van der Waals surface area contributed by atoms with Gasteiger partial charge in [0.25, 0.3) is 0 Å². The molecule has 0 aliphatic heterocycles. The first-order valence-electron chi connectivity index (χ1n) is 5.68. The summed E-state index contributed by atoms with van der Waals surface area (Å²) in [6.07, 6.45) is 3.54. The number of ether oxygens (including phenoxy) is 2. The maximum absolute atomic E-state index is 11.4. The Labute approximate surface area is 95.5 Å². The van der Waals surface area contributed by atoms with Crippen molar-refractivity contribution in [3.63, 3.8) is 0 Å². The Balaban J connectivity index is 2.42. The molecule has 0 spiro atoms. The first kappa shape index (κ1) is 12.8. The quantitative estimate of drug-likeness (QED) is 0.725. The number of esters is 1. The second kappa shape index (κ2) is 6.35. The molecule has 0 aromatic carbocycles. The van der Waals surface area contributed by atoms with Crippen LogP contribution in [0, 0.1) is 5.92 Å². The highest BCUT2D eigenvalue weighted by atomic mass is 16.6. The number of hydrogen-bond acceptors (Lipinski definition) is 4. The lowest BCUT2D eigenvalue weighted by Crippen LogP contribution is -2.43. The van der Waals surface area contributed by atoms with Gasteiger partial charge >= 0.3 is 12.1 Å². The fourth-order valence-corrected chi connectivity index (χ4v) is 1.73. The van der Waals surface area contributed by atoms with E-state index in [1.54, 1.807) is 6.92 Å². The van der Waals surface area contributed by atoms with Crippen LogP contribution in [0.2, 0.25) is 0 Å². The molecule has 1 N–H and O–H groups in total. The average Bonchev–Trinajstić information content (AvgIpc) is 2.20. The molecule has 0 radical (unpaired) electrons. The van der Waals surface area contributed by atoms with E-state index in [2.05, 4.69) is 10.1 Å². The summed E-state index contributed by atoms with van der Waals surface area (Å²) in [5.41, 5.74) is 0. The van der Waals surface area contributed by atoms with Gasteiger partial charge in [-0.3, -0.25) is 0 Å². The molecule has 5 heteroatoms. The summed E-state index contributed by atoms with van der Waals surface area (Å²) < 4.78 is 9.39. The van der Waals surface area contributed by atoms with E-state index in [1.807, 2.05) is 0 Å². The standard InChI is InChI=1S/C11H19NO4/c1-3-16-11(14)12-9(10(13)15-2)7-8-5-4-6-8/h8-9H,3-7H2,1-2H3,(H,12,14)/t9-/m1/s1. The van der Waals surface area contributed by atoms with Crippen LogP contribution in [0.25, 0.3) is 0 Å². The van der Waals surface area contributed by atoms with Gasteiger partial charge in [0.2, 0.25) is 0 Å². The normalized spacial score (nSPS) is 17.1. The number of methoxy groups -OCH3 is 1. The molecule has 5 nitrogen and oxygen atoms in total. The Kier molecular flexibility index (Phi) is 5.08. The van der Waals surface area contributed by atoms with Crippen LogP contribution < -0.4 is 5.32 Å². The number of carbonyl (C=O) groups excluding carboxylic acids is 2. The first-order chi connectivity index (χ1) is 7.67. The second-order valence-corrected chi connectivity index (χ2v) is 3.97. The Morgan fingerprint density at radius 3 is 2.56 bits per heavy atom. The number of amides is 1. The molecule has 0 heterocycles. The lowest BCUT2D eigenvalue weighted by Gasteiger charge is -2.28. The van der Waals surface area contributed by atoms with Crippen molar-refractivity contribution >= 4 is 12.1 Å². The maximum atomic E-state index is 11.4. The summed E-state index contributed by atoms with van der Waals surface area (Å²) >= 11 is 0.